The molecule has 162 valence electrons. The predicted molar refractivity (Wildman–Crippen MR) is 122 cm³/mol. The number of rotatable bonds is 5. The molecule has 1 aliphatic rings. The number of imidazole rings is 1. The fraction of sp³-hybridized carbons (Fsp3) is 0.348. The van der Waals surface area contributed by atoms with Gasteiger partial charge in [0.1, 0.15) is 0 Å². The van der Waals surface area contributed by atoms with Crippen LogP contribution in [0.25, 0.3) is 11.0 Å². The highest BCUT2D eigenvalue weighted by Crippen LogP contribution is 2.18. The summed E-state index contributed by atoms with van der Waals surface area (Å²) in [5, 5.41) is 2.93. The van der Waals surface area contributed by atoms with E-state index in [1.165, 1.54) is 4.90 Å². The maximum Gasteiger partial charge on any atom is 0.253 e. The standard InChI is InChI=1S/C23H28N6O2/c1-27(2)22(31)17-8-10-18(11-9-17)24-21(30)16-28-12-5-13-29(15-14-28)23-25-19-6-3-4-7-20(19)26-23/h3-4,6-11H,5,12-16H2,1-2H3,(H,24,30)(H,25,26). The maximum absolute atomic E-state index is 12.5. The number of hydrogen-bond acceptors (Lipinski definition) is 5. The van der Waals surface area contributed by atoms with E-state index in [9.17, 15) is 9.59 Å². The first-order valence-corrected chi connectivity index (χ1v) is 10.5. The molecule has 2 aromatic carbocycles. The van der Waals surface area contributed by atoms with Crippen molar-refractivity contribution >= 4 is 34.5 Å². The normalized spacial score (nSPS) is 15.0. The molecule has 31 heavy (non-hydrogen) atoms. The number of para-hydroxylation sites is 2. The van der Waals surface area contributed by atoms with Crippen molar-refractivity contribution in [3.05, 3.63) is 54.1 Å². The molecule has 0 spiro atoms. The number of amides is 2. The Labute approximate surface area is 181 Å². The van der Waals surface area contributed by atoms with Gasteiger partial charge in [-0.2, -0.15) is 0 Å². The van der Waals surface area contributed by atoms with Gasteiger partial charge in [0.2, 0.25) is 11.9 Å². The first kappa shape index (κ1) is 20.9. The molecule has 1 fully saturated rings. The number of anilines is 2. The fourth-order valence-corrected chi connectivity index (χ4v) is 3.79. The number of fused-ring (bicyclic) bond motifs is 1. The van der Waals surface area contributed by atoms with E-state index in [1.807, 2.05) is 24.3 Å². The zero-order chi connectivity index (χ0) is 21.8. The number of aromatic nitrogens is 2. The van der Waals surface area contributed by atoms with E-state index >= 15 is 0 Å². The minimum atomic E-state index is -0.0588. The molecule has 0 radical (unpaired) electrons. The van der Waals surface area contributed by atoms with Crippen LogP contribution in [-0.2, 0) is 4.79 Å². The number of benzene rings is 2. The van der Waals surface area contributed by atoms with Crippen LogP contribution in [-0.4, -0.2) is 78.4 Å². The molecule has 8 nitrogen and oxygen atoms in total. The molecule has 8 heteroatoms. The lowest BCUT2D eigenvalue weighted by Crippen LogP contribution is -2.36. The third-order valence-corrected chi connectivity index (χ3v) is 5.45. The van der Waals surface area contributed by atoms with Crippen LogP contribution in [0.3, 0.4) is 0 Å². The number of nitrogens with zero attached hydrogens (tertiary/aromatic N) is 4. The number of hydrogen-bond donors (Lipinski definition) is 2. The van der Waals surface area contributed by atoms with Gasteiger partial charge in [-0.25, -0.2) is 4.98 Å². The van der Waals surface area contributed by atoms with Crippen LogP contribution in [0.4, 0.5) is 11.6 Å². The second-order valence-corrected chi connectivity index (χ2v) is 8.02. The summed E-state index contributed by atoms with van der Waals surface area (Å²) >= 11 is 0. The van der Waals surface area contributed by atoms with Gasteiger partial charge >= 0.3 is 0 Å². The van der Waals surface area contributed by atoms with Gasteiger partial charge in [0.05, 0.1) is 17.6 Å². The van der Waals surface area contributed by atoms with Crippen molar-refractivity contribution in [2.24, 2.45) is 0 Å². The molecule has 0 aliphatic carbocycles. The smallest absolute Gasteiger partial charge is 0.253 e. The SMILES string of the molecule is CN(C)C(=O)c1ccc(NC(=O)CN2CCCN(c3nc4ccccc4[nH]3)CC2)cc1. The molecule has 1 saturated heterocycles. The predicted octanol–water partition coefficient (Wildman–Crippen LogP) is 2.42. The summed E-state index contributed by atoms with van der Waals surface area (Å²) in [7, 11) is 3.43. The molecule has 0 bridgehead atoms. The summed E-state index contributed by atoms with van der Waals surface area (Å²) in [6.07, 6.45) is 0.964. The van der Waals surface area contributed by atoms with Crippen LogP contribution in [0, 0.1) is 0 Å². The number of aromatic amines is 1. The molecule has 4 rings (SSSR count). The van der Waals surface area contributed by atoms with Crippen molar-refractivity contribution < 1.29 is 9.59 Å². The van der Waals surface area contributed by atoms with Crippen LogP contribution in [0.15, 0.2) is 48.5 Å². The maximum atomic E-state index is 12.5. The molecule has 0 saturated carbocycles. The Morgan fingerprint density at radius 3 is 2.55 bits per heavy atom. The topological polar surface area (TPSA) is 84.6 Å². The van der Waals surface area contributed by atoms with E-state index in [2.05, 4.69) is 20.1 Å². The van der Waals surface area contributed by atoms with E-state index < -0.39 is 0 Å². The van der Waals surface area contributed by atoms with Gasteiger partial charge in [0.15, 0.2) is 0 Å². The van der Waals surface area contributed by atoms with Crippen molar-refractivity contribution in [3.63, 3.8) is 0 Å². The van der Waals surface area contributed by atoms with Gasteiger partial charge in [-0.1, -0.05) is 12.1 Å². The Kier molecular flexibility index (Phi) is 6.18. The third-order valence-electron chi connectivity index (χ3n) is 5.45. The number of H-pyrrole nitrogens is 1. The molecule has 2 amide bonds. The Balaban J connectivity index is 1.30. The molecule has 2 heterocycles. The lowest BCUT2D eigenvalue weighted by Gasteiger charge is -2.21. The van der Waals surface area contributed by atoms with Gasteiger partial charge in [-0.05, 0) is 42.8 Å². The number of carbonyl (C=O) groups excluding carboxylic acids is 2. The van der Waals surface area contributed by atoms with E-state index in [-0.39, 0.29) is 11.8 Å². The highest BCUT2D eigenvalue weighted by Gasteiger charge is 2.19. The second-order valence-electron chi connectivity index (χ2n) is 8.02. The van der Waals surface area contributed by atoms with Gasteiger partial charge in [0, 0.05) is 51.5 Å². The van der Waals surface area contributed by atoms with Gasteiger partial charge in [-0.15, -0.1) is 0 Å². The minimum absolute atomic E-state index is 0.0520. The van der Waals surface area contributed by atoms with Crippen molar-refractivity contribution in [3.8, 4) is 0 Å². The second kappa shape index (κ2) is 9.18. The Morgan fingerprint density at radius 2 is 1.81 bits per heavy atom. The zero-order valence-electron chi connectivity index (χ0n) is 18.0. The molecule has 2 N–H and O–H groups in total. The lowest BCUT2D eigenvalue weighted by molar-refractivity contribution is -0.117. The average Bonchev–Trinajstić information content (AvgIpc) is 3.06. The van der Waals surface area contributed by atoms with Crippen LogP contribution in [0.2, 0.25) is 0 Å². The van der Waals surface area contributed by atoms with Crippen molar-refractivity contribution in [2.75, 3.05) is 57.0 Å². The lowest BCUT2D eigenvalue weighted by atomic mass is 10.2. The molecular formula is C23H28N6O2. The van der Waals surface area contributed by atoms with Crippen LogP contribution >= 0.6 is 0 Å². The van der Waals surface area contributed by atoms with E-state index in [0.717, 1.165) is 49.6 Å². The number of carbonyl (C=O) groups is 2. The molecular weight excluding hydrogens is 392 g/mol. The Bertz CT molecular complexity index is 1030. The van der Waals surface area contributed by atoms with E-state index in [0.29, 0.717) is 17.8 Å². The van der Waals surface area contributed by atoms with Crippen LogP contribution in [0.5, 0.6) is 0 Å². The quantitative estimate of drug-likeness (QED) is 0.662. The van der Waals surface area contributed by atoms with E-state index in [4.69, 9.17) is 4.98 Å². The summed E-state index contributed by atoms with van der Waals surface area (Å²) in [6.45, 7) is 3.71. The summed E-state index contributed by atoms with van der Waals surface area (Å²) in [5.74, 6) is 0.778. The molecule has 0 unspecified atom stereocenters. The Morgan fingerprint density at radius 1 is 1.03 bits per heavy atom. The molecule has 3 aromatic rings. The zero-order valence-corrected chi connectivity index (χ0v) is 18.0. The van der Waals surface area contributed by atoms with Crippen molar-refractivity contribution in [1.29, 1.82) is 0 Å². The highest BCUT2D eigenvalue weighted by atomic mass is 16.2. The summed E-state index contributed by atoms with van der Waals surface area (Å²) in [6, 6.07) is 15.0. The highest BCUT2D eigenvalue weighted by molar-refractivity contribution is 5.96. The minimum Gasteiger partial charge on any atom is -0.345 e. The van der Waals surface area contributed by atoms with Crippen LogP contribution < -0.4 is 10.2 Å². The van der Waals surface area contributed by atoms with Gasteiger partial charge < -0.3 is 20.1 Å². The molecule has 0 atom stereocenters. The van der Waals surface area contributed by atoms with Crippen molar-refractivity contribution in [1.82, 2.24) is 19.8 Å². The van der Waals surface area contributed by atoms with Gasteiger partial charge in [0.25, 0.3) is 5.91 Å². The number of nitrogens with one attached hydrogen (secondary N) is 2. The third kappa shape index (κ3) is 5.03. The molecule has 1 aromatic heterocycles. The van der Waals surface area contributed by atoms with Gasteiger partial charge in [-0.3, -0.25) is 14.5 Å². The summed E-state index contributed by atoms with van der Waals surface area (Å²) in [4.78, 5) is 38.5. The summed E-state index contributed by atoms with van der Waals surface area (Å²) < 4.78 is 0. The average molecular weight is 421 g/mol. The van der Waals surface area contributed by atoms with Crippen molar-refractivity contribution in [2.45, 2.75) is 6.42 Å². The first-order chi connectivity index (χ1) is 15.0. The summed E-state index contributed by atoms with van der Waals surface area (Å²) in [5.41, 5.74) is 3.30. The van der Waals surface area contributed by atoms with Crippen LogP contribution in [0.1, 0.15) is 16.8 Å². The Hall–Kier alpha value is -3.39. The fourth-order valence-electron chi connectivity index (χ4n) is 3.79. The van der Waals surface area contributed by atoms with E-state index in [1.54, 1.807) is 38.4 Å². The largest absolute Gasteiger partial charge is 0.345 e. The molecule has 1 aliphatic heterocycles. The first-order valence-electron chi connectivity index (χ1n) is 10.5. The monoisotopic (exact) mass is 420 g/mol.